The van der Waals surface area contributed by atoms with Gasteiger partial charge in [-0.3, -0.25) is 9.78 Å². The molecule has 2 aromatic carbocycles. The van der Waals surface area contributed by atoms with E-state index in [1.165, 1.54) is 12.1 Å². The van der Waals surface area contributed by atoms with Crippen molar-refractivity contribution in [1.82, 2.24) is 4.98 Å². The summed E-state index contributed by atoms with van der Waals surface area (Å²) >= 11 is 0. The average molecular weight is 410 g/mol. The maximum atomic E-state index is 12.7. The summed E-state index contributed by atoms with van der Waals surface area (Å²) in [6.45, 7) is 3.72. The molecule has 154 valence electrons. The number of fused-ring (bicyclic) bond motifs is 1. The number of anilines is 1. The van der Waals surface area contributed by atoms with Crippen LogP contribution >= 0.6 is 0 Å². The highest BCUT2D eigenvalue weighted by Crippen LogP contribution is 2.29. The number of amides is 1. The third-order valence-electron chi connectivity index (χ3n) is 4.60. The fourth-order valence-corrected chi connectivity index (χ4v) is 3.11. The van der Waals surface area contributed by atoms with Crippen LogP contribution in [0.2, 0.25) is 0 Å². The van der Waals surface area contributed by atoms with Gasteiger partial charge >= 0.3 is 6.18 Å². The number of hydrogen-bond donors (Lipinski definition) is 1. The normalized spacial score (nSPS) is 12.0. The van der Waals surface area contributed by atoms with E-state index in [2.05, 4.69) is 16.9 Å². The number of carbonyl (C=O) groups excluding carboxylic acids is 1. The summed E-state index contributed by atoms with van der Waals surface area (Å²) in [4.78, 5) is 16.8. The first-order valence-corrected chi connectivity index (χ1v) is 9.48. The topological polar surface area (TPSA) is 42.0 Å². The second-order valence-electron chi connectivity index (χ2n) is 6.84. The number of rotatable bonds is 7. The summed E-state index contributed by atoms with van der Waals surface area (Å²) in [5, 5.41) is 3.83. The van der Waals surface area contributed by atoms with Crippen molar-refractivity contribution in [3.8, 4) is 0 Å². The fraction of sp³-hybridized carbons (Fsp3) is 0.167. The van der Waals surface area contributed by atoms with Gasteiger partial charge in [-0.1, -0.05) is 48.1 Å². The quantitative estimate of drug-likeness (QED) is 0.444. The van der Waals surface area contributed by atoms with Crippen LogP contribution in [0.5, 0.6) is 0 Å². The van der Waals surface area contributed by atoms with E-state index in [9.17, 15) is 18.0 Å². The summed E-state index contributed by atoms with van der Waals surface area (Å²) in [6, 6.07) is 14.3. The average Bonchev–Trinajstić information content (AvgIpc) is 2.72. The molecule has 1 N–H and O–H groups in total. The monoisotopic (exact) mass is 410 g/mol. The zero-order valence-corrected chi connectivity index (χ0v) is 16.2. The van der Waals surface area contributed by atoms with Crippen molar-refractivity contribution in [2.75, 3.05) is 5.32 Å². The van der Waals surface area contributed by atoms with Crippen LogP contribution in [0.3, 0.4) is 0 Å². The van der Waals surface area contributed by atoms with Gasteiger partial charge in [-0.15, -0.1) is 6.58 Å². The lowest BCUT2D eigenvalue weighted by atomic mass is 10.0. The van der Waals surface area contributed by atoms with Crippen molar-refractivity contribution in [3.05, 3.63) is 90.1 Å². The second kappa shape index (κ2) is 9.39. The van der Waals surface area contributed by atoms with Gasteiger partial charge in [-0.05, 0) is 42.7 Å². The van der Waals surface area contributed by atoms with E-state index in [1.807, 2.05) is 24.3 Å². The Morgan fingerprint density at radius 3 is 2.47 bits per heavy atom. The van der Waals surface area contributed by atoms with Crippen molar-refractivity contribution in [1.29, 1.82) is 0 Å². The minimum Gasteiger partial charge on any atom is -0.324 e. The number of nitrogens with one attached hydrogen (secondary N) is 1. The van der Waals surface area contributed by atoms with Crippen molar-refractivity contribution < 1.29 is 18.0 Å². The number of allylic oxidation sites excluding steroid dienone is 2. The summed E-state index contributed by atoms with van der Waals surface area (Å²) in [5.74, 6) is -0.157. The molecule has 0 aliphatic heterocycles. The molecule has 30 heavy (non-hydrogen) atoms. The lowest BCUT2D eigenvalue weighted by molar-refractivity contribution is -0.137. The van der Waals surface area contributed by atoms with Gasteiger partial charge in [0, 0.05) is 18.0 Å². The van der Waals surface area contributed by atoms with E-state index < -0.39 is 11.7 Å². The zero-order chi connectivity index (χ0) is 21.6. The smallest absolute Gasteiger partial charge is 0.324 e. The third-order valence-corrected chi connectivity index (χ3v) is 4.60. The van der Waals surface area contributed by atoms with Gasteiger partial charge in [0.15, 0.2) is 0 Å². The fourth-order valence-electron chi connectivity index (χ4n) is 3.11. The number of pyridine rings is 1. The van der Waals surface area contributed by atoms with E-state index in [-0.39, 0.29) is 12.3 Å². The van der Waals surface area contributed by atoms with E-state index >= 15 is 0 Å². The summed E-state index contributed by atoms with van der Waals surface area (Å²) in [5.41, 5.74) is 2.25. The van der Waals surface area contributed by atoms with Gasteiger partial charge in [-0.2, -0.15) is 13.2 Å². The molecule has 0 fully saturated rings. The molecule has 6 heteroatoms. The highest BCUT2D eigenvalue weighted by molar-refractivity contribution is 6.00. The minimum atomic E-state index is -4.36. The summed E-state index contributed by atoms with van der Waals surface area (Å²) < 4.78 is 38.1. The number of aromatic nitrogens is 1. The highest BCUT2D eigenvalue weighted by Gasteiger charge is 2.29. The largest absolute Gasteiger partial charge is 0.416 e. The van der Waals surface area contributed by atoms with Crippen molar-refractivity contribution >= 4 is 28.6 Å². The second-order valence-corrected chi connectivity index (χ2v) is 6.84. The van der Waals surface area contributed by atoms with E-state index in [1.54, 1.807) is 24.4 Å². The molecule has 1 aromatic heterocycles. The Kier molecular flexibility index (Phi) is 6.67. The minimum absolute atomic E-state index is 0.157. The molecule has 0 aliphatic carbocycles. The van der Waals surface area contributed by atoms with E-state index in [4.69, 9.17) is 0 Å². The predicted octanol–water partition coefficient (Wildman–Crippen LogP) is 6.63. The molecule has 3 aromatic rings. The number of halogens is 3. The Labute approximate surface area is 173 Å². The van der Waals surface area contributed by atoms with Crippen LogP contribution in [0.4, 0.5) is 18.9 Å². The molecule has 0 aliphatic rings. The molecule has 0 radical (unpaired) electrons. The maximum Gasteiger partial charge on any atom is 0.416 e. The third kappa shape index (κ3) is 5.56. The molecular formula is C24H21F3N2O. The molecule has 1 amide bonds. The molecule has 0 atom stereocenters. The first-order chi connectivity index (χ1) is 14.4. The first-order valence-electron chi connectivity index (χ1n) is 9.48. The Balaban J connectivity index is 1.67. The van der Waals surface area contributed by atoms with Crippen LogP contribution in [-0.2, 0) is 11.0 Å². The maximum absolute atomic E-state index is 12.7. The molecule has 0 saturated heterocycles. The predicted molar refractivity (Wildman–Crippen MR) is 114 cm³/mol. The number of alkyl halides is 3. The summed E-state index contributed by atoms with van der Waals surface area (Å²) in [6.07, 6.45) is 2.08. The number of carbonyl (C=O) groups is 1. The molecular weight excluding hydrogens is 389 g/mol. The van der Waals surface area contributed by atoms with Crippen molar-refractivity contribution in [2.45, 2.75) is 25.4 Å². The Bertz CT molecular complexity index is 1060. The Hall–Kier alpha value is -3.41. The number of para-hydroxylation sites is 1. The Morgan fingerprint density at radius 1 is 1.03 bits per heavy atom. The number of hydrogen-bond acceptors (Lipinski definition) is 2. The molecule has 1 heterocycles. The van der Waals surface area contributed by atoms with Crippen molar-refractivity contribution in [2.24, 2.45) is 0 Å². The number of benzene rings is 2. The highest BCUT2D eigenvalue weighted by atomic mass is 19.4. The van der Waals surface area contributed by atoms with Crippen LogP contribution < -0.4 is 5.32 Å². The molecule has 0 unspecified atom stereocenters. The standard InChI is InChI=1S/C24H21F3N2O/c1-2-5-17(16-18-9-12-20(13-10-18)24(25,26)27)11-14-22(30)29-21-8-3-6-19-7-4-15-28-23(19)21/h2-4,6-10,12-13,15-16H,1,5,11,14H2,(H,29,30)/b17-16-. The van der Waals surface area contributed by atoms with Gasteiger partial charge in [0.05, 0.1) is 16.8 Å². The lowest BCUT2D eigenvalue weighted by Gasteiger charge is -2.10. The SMILES string of the molecule is C=CC/C(=C/c1ccc(C(F)(F)F)cc1)CCC(=O)Nc1cccc2cccnc12. The van der Waals surface area contributed by atoms with Crippen LogP contribution in [0.15, 0.2) is 79.0 Å². The van der Waals surface area contributed by atoms with Gasteiger partial charge < -0.3 is 5.32 Å². The lowest BCUT2D eigenvalue weighted by Crippen LogP contribution is -2.12. The molecule has 0 bridgehead atoms. The van der Waals surface area contributed by atoms with E-state index in [0.717, 1.165) is 28.6 Å². The van der Waals surface area contributed by atoms with Crippen LogP contribution in [0, 0.1) is 0 Å². The van der Waals surface area contributed by atoms with Gasteiger partial charge in [0.25, 0.3) is 0 Å². The van der Waals surface area contributed by atoms with Crippen molar-refractivity contribution in [3.63, 3.8) is 0 Å². The van der Waals surface area contributed by atoms with Crippen LogP contribution in [-0.4, -0.2) is 10.9 Å². The molecule has 3 nitrogen and oxygen atoms in total. The van der Waals surface area contributed by atoms with Crippen LogP contribution in [0.25, 0.3) is 17.0 Å². The number of nitrogens with zero attached hydrogens (tertiary/aromatic N) is 1. The molecule has 0 spiro atoms. The first kappa shape index (κ1) is 21.3. The molecule has 0 saturated carbocycles. The van der Waals surface area contributed by atoms with Gasteiger partial charge in [0.2, 0.25) is 5.91 Å². The van der Waals surface area contributed by atoms with Gasteiger partial charge in [0.1, 0.15) is 0 Å². The van der Waals surface area contributed by atoms with Gasteiger partial charge in [-0.25, -0.2) is 0 Å². The zero-order valence-electron chi connectivity index (χ0n) is 16.2. The van der Waals surface area contributed by atoms with Crippen LogP contribution in [0.1, 0.15) is 30.4 Å². The van der Waals surface area contributed by atoms with E-state index in [0.29, 0.717) is 24.1 Å². The Morgan fingerprint density at radius 2 is 1.77 bits per heavy atom. The molecule has 3 rings (SSSR count). The summed E-state index contributed by atoms with van der Waals surface area (Å²) in [7, 11) is 0.